The lowest BCUT2D eigenvalue weighted by atomic mass is 10.2. The molecule has 0 saturated carbocycles. The van der Waals surface area contributed by atoms with Crippen molar-refractivity contribution in [2.45, 2.75) is 33.4 Å². The third kappa shape index (κ3) is 4.48. The maximum atomic E-state index is 13.5. The van der Waals surface area contributed by atoms with Crippen molar-refractivity contribution in [3.05, 3.63) is 34.6 Å². The van der Waals surface area contributed by atoms with Crippen LogP contribution in [0.25, 0.3) is 0 Å². The molecule has 106 valence electrons. The van der Waals surface area contributed by atoms with Crippen molar-refractivity contribution < 1.29 is 9.18 Å². The van der Waals surface area contributed by atoms with Gasteiger partial charge in [0.05, 0.1) is 6.04 Å². The van der Waals surface area contributed by atoms with Crippen LogP contribution in [0, 0.1) is 5.82 Å². The number of hydrogen-bond donors (Lipinski definition) is 1. The molecule has 0 aliphatic heterocycles. The molecule has 1 unspecified atom stereocenters. The molecule has 0 bridgehead atoms. The summed E-state index contributed by atoms with van der Waals surface area (Å²) in [4.78, 5) is 13.8. The molecule has 1 amide bonds. The first-order valence-electron chi connectivity index (χ1n) is 6.45. The Kier molecular flexibility index (Phi) is 6.25. The molecule has 0 heterocycles. The highest BCUT2D eigenvalue weighted by molar-refractivity contribution is 6.30. The third-order valence-corrected chi connectivity index (χ3v) is 3.29. The Morgan fingerprint density at radius 2 is 2.05 bits per heavy atom. The first-order chi connectivity index (χ1) is 8.99. The number of hydrogen-bond acceptors (Lipinski definition) is 2. The average Bonchev–Trinajstić information content (AvgIpc) is 2.40. The predicted molar refractivity (Wildman–Crippen MR) is 75.6 cm³/mol. The highest BCUT2D eigenvalue weighted by atomic mass is 35.5. The Morgan fingerprint density at radius 1 is 1.42 bits per heavy atom. The Hall–Kier alpha value is -1.13. The minimum atomic E-state index is -0.349. The van der Waals surface area contributed by atoms with Gasteiger partial charge in [0.1, 0.15) is 5.82 Å². The number of nitrogens with zero attached hydrogens (tertiary/aromatic N) is 1. The van der Waals surface area contributed by atoms with Crippen LogP contribution in [0.15, 0.2) is 18.2 Å². The average molecular weight is 287 g/mol. The van der Waals surface area contributed by atoms with Gasteiger partial charge in [-0.15, -0.1) is 0 Å². The van der Waals surface area contributed by atoms with E-state index in [9.17, 15) is 9.18 Å². The van der Waals surface area contributed by atoms with E-state index in [4.69, 9.17) is 11.6 Å². The van der Waals surface area contributed by atoms with E-state index in [1.165, 1.54) is 12.1 Å². The maximum Gasteiger partial charge on any atom is 0.239 e. The summed E-state index contributed by atoms with van der Waals surface area (Å²) >= 11 is 5.82. The van der Waals surface area contributed by atoms with Crippen LogP contribution in [-0.4, -0.2) is 29.9 Å². The molecule has 0 aliphatic rings. The molecule has 0 aromatic heterocycles. The van der Waals surface area contributed by atoms with Crippen LogP contribution in [0.5, 0.6) is 0 Å². The largest absolute Gasteiger partial charge is 0.342 e. The van der Waals surface area contributed by atoms with Gasteiger partial charge in [-0.05, 0) is 39.0 Å². The highest BCUT2D eigenvalue weighted by Crippen LogP contribution is 2.14. The minimum Gasteiger partial charge on any atom is -0.342 e. The van der Waals surface area contributed by atoms with Crippen molar-refractivity contribution in [2.75, 3.05) is 13.1 Å². The summed E-state index contributed by atoms with van der Waals surface area (Å²) in [5, 5.41) is 3.51. The molecule has 1 atom stereocenters. The van der Waals surface area contributed by atoms with Crippen molar-refractivity contribution in [3.63, 3.8) is 0 Å². The van der Waals surface area contributed by atoms with Gasteiger partial charge in [-0.2, -0.15) is 0 Å². The van der Waals surface area contributed by atoms with Crippen LogP contribution in [-0.2, 0) is 11.3 Å². The quantitative estimate of drug-likeness (QED) is 0.872. The third-order valence-electron chi connectivity index (χ3n) is 3.05. The van der Waals surface area contributed by atoms with Crippen molar-refractivity contribution in [2.24, 2.45) is 0 Å². The molecule has 0 aliphatic carbocycles. The first kappa shape index (κ1) is 15.9. The summed E-state index contributed by atoms with van der Waals surface area (Å²) in [6.45, 7) is 7.28. The van der Waals surface area contributed by atoms with Gasteiger partial charge < -0.3 is 10.2 Å². The number of rotatable bonds is 6. The van der Waals surface area contributed by atoms with E-state index in [0.717, 1.165) is 0 Å². The lowest BCUT2D eigenvalue weighted by Gasteiger charge is -2.23. The molecule has 5 heteroatoms. The number of halogens is 2. The molecule has 0 radical (unpaired) electrons. The molecule has 1 aromatic rings. The summed E-state index contributed by atoms with van der Waals surface area (Å²) in [7, 11) is 0. The predicted octanol–water partition coefficient (Wildman–Crippen LogP) is 2.83. The monoisotopic (exact) mass is 286 g/mol. The van der Waals surface area contributed by atoms with E-state index in [1.807, 2.05) is 13.8 Å². The number of carbonyl (C=O) groups excluding carboxylic acids is 1. The van der Waals surface area contributed by atoms with Crippen LogP contribution in [0.2, 0.25) is 5.02 Å². The second kappa shape index (κ2) is 7.46. The molecule has 3 nitrogen and oxygen atoms in total. The van der Waals surface area contributed by atoms with Gasteiger partial charge in [0, 0.05) is 30.2 Å². The van der Waals surface area contributed by atoms with Crippen molar-refractivity contribution in [1.29, 1.82) is 0 Å². The van der Waals surface area contributed by atoms with Crippen LogP contribution in [0.3, 0.4) is 0 Å². The van der Waals surface area contributed by atoms with E-state index in [-0.39, 0.29) is 24.3 Å². The molecule has 1 rings (SSSR count). The second-order valence-corrected chi connectivity index (χ2v) is 4.79. The molecular weight excluding hydrogens is 267 g/mol. The molecular formula is C14H20ClFN2O. The van der Waals surface area contributed by atoms with E-state index >= 15 is 0 Å². The van der Waals surface area contributed by atoms with E-state index in [2.05, 4.69) is 5.32 Å². The zero-order valence-corrected chi connectivity index (χ0v) is 12.3. The number of amides is 1. The van der Waals surface area contributed by atoms with Crippen LogP contribution in [0.4, 0.5) is 4.39 Å². The van der Waals surface area contributed by atoms with E-state index < -0.39 is 0 Å². The summed E-state index contributed by atoms with van der Waals surface area (Å²) in [6.07, 6.45) is 0. The van der Waals surface area contributed by atoms with Crippen molar-refractivity contribution in [1.82, 2.24) is 10.2 Å². The fourth-order valence-electron chi connectivity index (χ4n) is 1.84. The number of carbonyl (C=O) groups is 1. The zero-order valence-electron chi connectivity index (χ0n) is 11.5. The molecule has 0 spiro atoms. The smallest absolute Gasteiger partial charge is 0.239 e. The topological polar surface area (TPSA) is 32.3 Å². The SMILES string of the molecule is CCN(CC)C(=O)C(C)NCc1cc(Cl)ccc1F. The summed E-state index contributed by atoms with van der Waals surface area (Å²) in [5.41, 5.74) is 0.465. The van der Waals surface area contributed by atoms with Gasteiger partial charge in [-0.1, -0.05) is 11.6 Å². The lowest BCUT2D eigenvalue weighted by Crippen LogP contribution is -2.44. The second-order valence-electron chi connectivity index (χ2n) is 4.35. The van der Waals surface area contributed by atoms with Crippen molar-refractivity contribution in [3.8, 4) is 0 Å². The van der Waals surface area contributed by atoms with Gasteiger partial charge in [-0.3, -0.25) is 4.79 Å². The molecule has 19 heavy (non-hydrogen) atoms. The summed E-state index contributed by atoms with van der Waals surface area (Å²) in [6, 6.07) is 4.05. The fraction of sp³-hybridized carbons (Fsp3) is 0.500. The fourth-order valence-corrected chi connectivity index (χ4v) is 2.03. The Balaban J connectivity index is 2.61. The van der Waals surface area contributed by atoms with Crippen LogP contribution >= 0.6 is 11.6 Å². The van der Waals surface area contributed by atoms with Gasteiger partial charge in [0.15, 0.2) is 0 Å². The molecule has 1 N–H and O–H groups in total. The number of benzene rings is 1. The van der Waals surface area contributed by atoms with Gasteiger partial charge >= 0.3 is 0 Å². The normalized spacial score (nSPS) is 12.3. The van der Waals surface area contributed by atoms with Gasteiger partial charge in [0.2, 0.25) is 5.91 Å². The highest BCUT2D eigenvalue weighted by Gasteiger charge is 2.17. The molecule has 0 saturated heterocycles. The number of nitrogens with one attached hydrogen (secondary N) is 1. The summed E-state index contributed by atoms with van der Waals surface area (Å²) in [5.74, 6) is -0.299. The standard InChI is InChI=1S/C14H20ClFN2O/c1-4-18(5-2)14(19)10(3)17-9-11-8-12(15)6-7-13(11)16/h6-8,10,17H,4-5,9H2,1-3H3. The first-order valence-corrected chi connectivity index (χ1v) is 6.83. The Morgan fingerprint density at radius 3 is 2.63 bits per heavy atom. The number of likely N-dealkylation sites (N-methyl/N-ethyl adjacent to an activating group) is 1. The van der Waals surface area contributed by atoms with Crippen molar-refractivity contribution >= 4 is 17.5 Å². The van der Waals surface area contributed by atoms with E-state index in [1.54, 1.807) is 17.9 Å². The molecule has 0 fully saturated rings. The zero-order chi connectivity index (χ0) is 14.4. The molecule has 1 aromatic carbocycles. The van der Waals surface area contributed by atoms with Crippen LogP contribution < -0.4 is 5.32 Å². The Bertz CT molecular complexity index is 435. The van der Waals surface area contributed by atoms with Gasteiger partial charge in [-0.25, -0.2) is 4.39 Å². The minimum absolute atomic E-state index is 0.0208. The van der Waals surface area contributed by atoms with Crippen LogP contribution in [0.1, 0.15) is 26.3 Å². The summed E-state index contributed by atoms with van der Waals surface area (Å²) < 4.78 is 13.5. The van der Waals surface area contributed by atoms with Gasteiger partial charge in [0.25, 0.3) is 0 Å². The Labute approximate surface area is 118 Å². The lowest BCUT2D eigenvalue weighted by molar-refractivity contribution is -0.132. The maximum absolute atomic E-state index is 13.5. The van der Waals surface area contributed by atoms with E-state index in [0.29, 0.717) is 23.7 Å².